The second kappa shape index (κ2) is 7.56. The molecule has 0 aromatic heterocycles. The van der Waals surface area contributed by atoms with Crippen LogP contribution in [0.3, 0.4) is 0 Å². The Labute approximate surface area is 94.5 Å². The van der Waals surface area contributed by atoms with Gasteiger partial charge in [-0.05, 0) is 37.2 Å². The number of rotatable bonds is 6. The van der Waals surface area contributed by atoms with Gasteiger partial charge >= 0.3 is 0 Å². The van der Waals surface area contributed by atoms with Crippen LogP contribution in [0.15, 0.2) is 35.4 Å². The van der Waals surface area contributed by atoms with Crippen molar-refractivity contribution in [2.24, 2.45) is 5.73 Å². The molecule has 0 aliphatic carbocycles. The van der Waals surface area contributed by atoms with Crippen molar-refractivity contribution in [3.05, 3.63) is 35.4 Å². The Balaban J connectivity index is 4.41. The van der Waals surface area contributed by atoms with Crippen LogP contribution < -0.4 is 5.73 Å². The number of hydrogen-bond acceptors (Lipinski definition) is 3. The van der Waals surface area contributed by atoms with Crippen LogP contribution >= 0.6 is 0 Å². The first-order chi connectivity index (χ1) is 7.02. The summed E-state index contributed by atoms with van der Waals surface area (Å²) in [6.45, 7) is 7.40. The van der Waals surface area contributed by atoms with Gasteiger partial charge < -0.3 is 15.4 Å². The monoisotopic (exact) mass is 229 g/mol. The maximum Gasteiger partial charge on any atom is 0.168 e. The van der Waals surface area contributed by atoms with Crippen molar-refractivity contribution in [3.63, 3.8) is 0 Å². The average molecular weight is 229 g/mol. The third-order valence-electron chi connectivity index (χ3n) is 1.78. The third-order valence-corrected chi connectivity index (χ3v) is 3.09. The molecular weight excluding hydrogens is 210 g/mol. The molecule has 0 rings (SSSR count). The minimum Gasteiger partial charge on any atom is -0.611 e. The molecule has 2 unspecified atom stereocenters. The number of aliphatic hydroxyl groups is 1. The lowest BCUT2D eigenvalue weighted by atomic mass is 10.2. The second-order valence-corrected chi connectivity index (χ2v) is 4.77. The summed E-state index contributed by atoms with van der Waals surface area (Å²) in [5.41, 5.74) is 5.94. The topological polar surface area (TPSA) is 69.3 Å². The van der Waals surface area contributed by atoms with Crippen LogP contribution in [-0.2, 0) is 11.2 Å². The minimum atomic E-state index is -1.15. The van der Waals surface area contributed by atoms with Gasteiger partial charge in [0.2, 0.25) is 0 Å². The second-order valence-electron chi connectivity index (χ2n) is 3.01. The van der Waals surface area contributed by atoms with E-state index in [9.17, 15) is 9.66 Å². The zero-order valence-electron chi connectivity index (χ0n) is 9.27. The van der Waals surface area contributed by atoms with Crippen molar-refractivity contribution >= 4 is 11.2 Å². The van der Waals surface area contributed by atoms with Crippen molar-refractivity contribution in [3.8, 4) is 0 Å². The van der Waals surface area contributed by atoms with Gasteiger partial charge in [-0.1, -0.05) is 19.1 Å². The molecule has 15 heavy (non-hydrogen) atoms. The number of hydrogen-bond donors (Lipinski definition) is 2. The van der Waals surface area contributed by atoms with Crippen LogP contribution in [0.4, 0.5) is 0 Å². The van der Waals surface area contributed by atoms with E-state index in [0.717, 1.165) is 6.42 Å². The van der Waals surface area contributed by atoms with Crippen LogP contribution in [0, 0.1) is 0 Å². The first-order valence-electron chi connectivity index (χ1n) is 4.92. The van der Waals surface area contributed by atoms with Gasteiger partial charge in [-0.15, -0.1) is 0 Å². The number of aliphatic hydroxyl groups excluding tert-OH is 1. The van der Waals surface area contributed by atoms with E-state index in [2.05, 4.69) is 6.58 Å². The van der Waals surface area contributed by atoms with Crippen LogP contribution in [-0.4, -0.2) is 21.5 Å². The summed E-state index contributed by atoms with van der Waals surface area (Å²) in [5, 5.41) is 9.47. The molecule has 86 valence electrons. The van der Waals surface area contributed by atoms with Crippen molar-refractivity contribution in [1.29, 1.82) is 0 Å². The Morgan fingerprint density at radius 3 is 2.67 bits per heavy atom. The largest absolute Gasteiger partial charge is 0.611 e. The molecule has 3 nitrogen and oxygen atoms in total. The Kier molecular flexibility index (Phi) is 7.21. The highest BCUT2D eigenvalue weighted by atomic mass is 32.2. The molecule has 0 saturated heterocycles. The fourth-order valence-corrected chi connectivity index (χ4v) is 1.59. The quantitative estimate of drug-likeness (QED) is 0.411. The lowest BCUT2D eigenvalue weighted by molar-refractivity contribution is 0.270. The van der Waals surface area contributed by atoms with Gasteiger partial charge in [0.1, 0.15) is 5.75 Å². The van der Waals surface area contributed by atoms with Crippen LogP contribution in [0.25, 0.3) is 0 Å². The van der Waals surface area contributed by atoms with Gasteiger partial charge in [-0.25, -0.2) is 0 Å². The van der Waals surface area contributed by atoms with Gasteiger partial charge in [0, 0.05) is 0 Å². The molecular formula is C11H19NO2S. The molecule has 0 aromatic carbocycles. The summed E-state index contributed by atoms with van der Waals surface area (Å²) >= 11 is -1.15. The van der Waals surface area contributed by atoms with Crippen LogP contribution in [0.1, 0.15) is 20.3 Å². The standard InChI is InChI=1S/C11H19NO2S/c1-4-6-7-10(13)8-11(12)9(3)15(14)5-2/h6-8,10,13H,3-5,12H2,1-2H3/b7-6+,11-8-. The summed E-state index contributed by atoms with van der Waals surface area (Å²) in [6, 6.07) is 0. The zero-order valence-corrected chi connectivity index (χ0v) is 10.1. The Hall–Kier alpha value is -0.710. The molecule has 0 amide bonds. The van der Waals surface area contributed by atoms with E-state index in [1.807, 2.05) is 13.0 Å². The molecule has 4 heteroatoms. The molecule has 0 aliphatic rings. The molecule has 0 saturated carbocycles. The minimum absolute atomic E-state index is 0.295. The van der Waals surface area contributed by atoms with E-state index < -0.39 is 17.3 Å². The first-order valence-corrected chi connectivity index (χ1v) is 6.24. The summed E-state index contributed by atoms with van der Waals surface area (Å²) in [4.78, 5) is 0.376. The van der Waals surface area contributed by atoms with E-state index in [0.29, 0.717) is 16.4 Å². The third kappa shape index (κ3) is 5.67. The van der Waals surface area contributed by atoms with E-state index in [1.165, 1.54) is 6.08 Å². The van der Waals surface area contributed by atoms with Gasteiger partial charge in [-0.3, -0.25) is 0 Å². The van der Waals surface area contributed by atoms with Crippen molar-refractivity contribution in [2.75, 3.05) is 5.75 Å². The highest BCUT2D eigenvalue weighted by Gasteiger charge is 2.12. The van der Waals surface area contributed by atoms with Gasteiger partial charge in [0.05, 0.1) is 11.8 Å². The van der Waals surface area contributed by atoms with E-state index >= 15 is 0 Å². The number of nitrogens with two attached hydrogens (primary N) is 1. The van der Waals surface area contributed by atoms with Crippen LogP contribution in [0.2, 0.25) is 0 Å². The van der Waals surface area contributed by atoms with Crippen molar-refractivity contribution in [1.82, 2.24) is 0 Å². The van der Waals surface area contributed by atoms with E-state index in [1.54, 1.807) is 13.0 Å². The molecule has 2 atom stereocenters. The molecule has 3 N–H and O–H groups in total. The van der Waals surface area contributed by atoms with Crippen LogP contribution in [0.5, 0.6) is 0 Å². The summed E-state index contributed by atoms with van der Waals surface area (Å²) in [6.07, 6.45) is 5.04. The molecule has 0 aromatic rings. The van der Waals surface area contributed by atoms with E-state index in [4.69, 9.17) is 5.73 Å². The highest BCUT2D eigenvalue weighted by Crippen LogP contribution is 2.12. The summed E-state index contributed by atoms with van der Waals surface area (Å²) in [7, 11) is 0. The van der Waals surface area contributed by atoms with Gasteiger partial charge in [-0.2, -0.15) is 0 Å². The average Bonchev–Trinajstić information content (AvgIpc) is 2.23. The highest BCUT2D eigenvalue weighted by molar-refractivity contribution is 7.95. The van der Waals surface area contributed by atoms with E-state index in [-0.39, 0.29) is 0 Å². The predicted octanol–water partition coefficient (Wildman–Crippen LogP) is 1.44. The van der Waals surface area contributed by atoms with Crippen molar-refractivity contribution < 1.29 is 9.66 Å². The zero-order chi connectivity index (χ0) is 11.8. The van der Waals surface area contributed by atoms with Crippen molar-refractivity contribution in [2.45, 2.75) is 26.4 Å². The van der Waals surface area contributed by atoms with Gasteiger partial charge in [0.25, 0.3) is 0 Å². The summed E-state index contributed by atoms with van der Waals surface area (Å²) in [5.74, 6) is 0.480. The Bertz CT molecular complexity index is 261. The van der Waals surface area contributed by atoms with Gasteiger partial charge in [0.15, 0.2) is 4.91 Å². The molecule has 0 spiro atoms. The predicted molar refractivity (Wildman–Crippen MR) is 65.5 cm³/mol. The molecule has 0 fully saturated rings. The molecule has 0 bridgehead atoms. The number of allylic oxidation sites excluding steroid dienone is 1. The molecule has 0 radical (unpaired) electrons. The first kappa shape index (κ1) is 14.3. The normalized spacial score (nSPS) is 16.7. The Morgan fingerprint density at radius 1 is 1.60 bits per heavy atom. The fourth-order valence-electron chi connectivity index (χ4n) is 0.914. The Morgan fingerprint density at radius 2 is 2.20 bits per heavy atom. The lowest BCUT2D eigenvalue weighted by Gasteiger charge is -2.11. The lowest BCUT2D eigenvalue weighted by Crippen LogP contribution is -2.14. The molecule has 0 heterocycles. The molecule has 0 aliphatic heterocycles. The smallest absolute Gasteiger partial charge is 0.168 e. The maximum absolute atomic E-state index is 11.3. The SMILES string of the molecule is C=C(/C(N)=C/C(O)/C=C/CC)[S+]([O-])CC. The maximum atomic E-state index is 11.3. The summed E-state index contributed by atoms with van der Waals surface area (Å²) < 4.78 is 11.3. The fraction of sp³-hybridized carbons (Fsp3) is 0.455.